The van der Waals surface area contributed by atoms with Crippen molar-refractivity contribution < 1.29 is 24.2 Å². The molecular weight excluding hydrogens is 646 g/mol. The van der Waals surface area contributed by atoms with Gasteiger partial charge < -0.3 is 19.5 Å². The van der Waals surface area contributed by atoms with Crippen molar-refractivity contribution in [2.24, 2.45) is 0 Å². The number of piperidine rings is 1. The third kappa shape index (κ3) is 8.48. The van der Waals surface area contributed by atoms with Gasteiger partial charge in [0.25, 0.3) is 11.5 Å². The maximum atomic E-state index is 14.3. The van der Waals surface area contributed by atoms with Crippen molar-refractivity contribution in [1.29, 1.82) is 0 Å². The Labute approximate surface area is 290 Å². The molecule has 0 bridgehead atoms. The largest absolute Gasteiger partial charge is 0.489 e. The summed E-state index contributed by atoms with van der Waals surface area (Å²) >= 11 is 5.95. The lowest BCUT2D eigenvalue weighted by Crippen LogP contribution is -2.50. The van der Waals surface area contributed by atoms with Crippen LogP contribution in [0.1, 0.15) is 42.9 Å². The van der Waals surface area contributed by atoms with Crippen molar-refractivity contribution in [2.45, 2.75) is 45.4 Å². The fraction of sp³-hybridized carbons (Fsp3) is 0.405. The molecule has 11 nitrogen and oxygen atoms in total. The van der Waals surface area contributed by atoms with E-state index < -0.39 is 0 Å². The minimum absolute atomic E-state index is 0.0686. The second-order valence-electron chi connectivity index (χ2n) is 12.9. The summed E-state index contributed by atoms with van der Waals surface area (Å²) in [7, 11) is 0. The van der Waals surface area contributed by atoms with Crippen LogP contribution in [0.25, 0.3) is 16.6 Å². The number of aliphatic hydroxyl groups excluding tert-OH is 1. The van der Waals surface area contributed by atoms with Gasteiger partial charge in [0.1, 0.15) is 17.3 Å². The summed E-state index contributed by atoms with van der Waals surface area (Å²) in [6.07, 6.45) is 0.775. The van der Waals surface area contributed by atoms with Crippen molar-refractivity contribution in [3.05, 3.63) is 93.5 Å². The van der Waals surface area contributed by atoms with Crippen molar-refractivity contribution in [3.8, 4) is 17.2 Å². The zero-order valence-corrected chi connectivity index (χ0v) is 28.6. The predicted octanol–water partition coefficient (Wildman–Crippen LogP) is 4.19. The Hall–Kier alpha value is -4.29. The van der Waals surface area contributed by atoms with Crippen molar-refractivity contribution in [2.75, 3.05) is 52.4 Å². The van der Waals surface area contributed by atoms with Gasteiger partial charge in [-0.15, -0.1) is 0 Å². The summed E-state index contributed by atoms with van der Waals surface area (Å²) in [4.78, 5) is 51.7. The van der Waals surface area contributed by atoms with Gasteiger partial charge in [-0.3, -0.25) is 28.8 Å². The van der Waals surface area contributed by atoms with E-state index in [0.717, 1.165) is 0 Å². The molecule has 0 unspecified atom stereocenters. The standard InChI is InChI=1S/C37H42ClN5O6/c1-25(2)49-34-12-7-26(33(45)22-40-15-13-28(44)14-16-40)21-32(34)43-35(39-31-6-4-3-5-30(31)37(43)47)23-41-17-19-42(20-18-41)36(46)24-48-29-10-8-27(38)9-11-29/h3-12,21,25,28,44H,13-20,22-24H2,1-2H3. The van der Waals surface area contributed by atoms with E-state index in [4.69, 9.17) is 26.1 Å². The van der Waals surface area contributed by atoms with Crippen LogP contribution in [-0.2, 0) is 11.3 Å². The number of ketones is 1. The highest BCUT2D eigenvalue weighted by atomic mass is 35.5. The zero-order chi connectivity index (χ0) is 34.5. The molecule has 2 aliphatic heterocycles. The number of piperazine rings is 1. The molecule has 6 rings (SSSR count). The topological polar surface area (TPSA) is 117 Å². The number of fused-ring (bicyclic) bond motifs is 1. The zero-order valence-electron chi connectivity index (χ0n) is 27.9. The molecule has 0 radical (unpaired) electrons. The first-order valence-electron chi connectivity index (χ1n) is 16.8. The Kier molecular flexibility index (Phi) is 10.9. The Morgan fingerprint density at radius 1 is 0.939 bits per heavy atom. The van der Waals surface area contributed by atoms with Crippen molar-refractivity contribution in [1.82, 2.24) is 24.3 Å². The molecule has 3 aromatic carbocycles. The number of aromatic nitrogens is 2. The van der Waals surface area contributed by atoms with E-state index in [2.05, 4.69) is 9.80 Å². The SMILES string of the molecule is CC(C)Oc1ccc(C(=O)CN2CCC(O)CC2)cc1-n1c(CN2CCN(C(=O)COc3ccc(Cl)cc3)CC2)nc2ccccc2c1=O. The number of para-hydroxylation sites is 1. The summed E-state index contributed by atoms with van der Waals surface area (Å²) in [5, 5.41) is 11.0. The lowest BCUT2D eigenvalue weighted by molar-refractivity contribution is -0.135. The van der Waals surface area contributed by atoms with Crippen LogP contribution in [0.3, 0.4) is 0 Å². The molecule has 1 amide bonds. The van der Waals surface area contributed by atoms with Gasteiger partial charge in [-0.25, -0.2) is 4.98 Å². The molecule has 3 heterocycles. The Morgan fingerprint density at radius 3 is 2.37 bits per heavy atom. The van der Waals surface area contributed by atoms with Gasteiger partial charge in [-0.05, 0) is 81.3 Å². The van der Waals surface area contributed by atoms with Gasteiger partial charge in [0.15, 0.2) is 12.4 Å². The third-order valence-corrected chi connectivity index (χ3v) is 9.17. The minimum Gasteiger partial charge on any atom is -0.489 e. The molecule has 0 aliphatic carbocycles. The molecule has 0 saturated carbocycles. The average molecular weight is 688 g/mol. The Morgan fingerprint density at radius 2 is 1.65 bits per heavy atom. The van der Waals surface area contributed by atoms with Crippen LogP contribution in [0.5, 0.6) is 11.5 Å². The molecule has 1 aromatic heterocycles. The van der Waals surface area contributed by atoms with E-state index in [1.807, 2.05) is 32.0 Å². The molecular formula is C37H42ClN5O6. The highest BCUT2D eigenvalue weighted by molar-refractivity contribution is 6.30. The first-order valence-corrected chi connectivity index (χ1v) is 17.2. The molecule has 0 atom stereocenters. The van der Waals surface area contributed by atoms with E-state index >= 15 is 0 Å². The Bertz CT molecular complexity index is 1850. The minimum atomic E-state index is -0.325. The number of halogens is 1. The van der Waals surface area contributed by atoms with E-state index in [0.29, 0.717) is 103 Å². The molecule has 2 fully saturated rings. The molecule has 0 spiro atoms. The number of aliphatic hydroxyl groups is 1. The predicted molar refractivity (Wildman–Crippen MR) is 188 cm³/mol. The highest BCUT2D eigenvalue weighted by Crippen LogP contribution is 2.28. The first kappa shape index (κ1) is 34.6. The van der Waals surface area contributed by atoms with Crippen molar-refractivity contribution in [3.63, 3.8) is 0 Å². The van der Waals surface area contributed by atoms with Gasteiger partial charge in [0.05, 0.1) is 41.9 Å². The number of rotatable bonds is 11. The quantitative estimate of drug-likeness (QED) is 0.232. The number of amides is 1. The normalized spacial score (nSPS) is 16.3. The lowest BCUT2D eigenvalue weighted by atomic mass is 10.1. The van der Waals surface area contributed by atoms with Crippen molar-refractivity contribution >= 4 is 34.2 Å². The number of hydrogen-bond donors (Lipinski definition) is 1. The van der Waals surface area contributed by atoms with Crippen LogP contribution in [0.15, 0.2) is 71.5 Å². The number of Topliss-reactive ketones (excluding diaryl/α,β-unsaturated/α-hetero) is 1. The number of carbonyl (C=O) groups is 2. The summed E-state index contributed by atoms with van der Waals surface area (Å²) in [5.41, 5.74) is 1.26. The fourth-order valence-electron chi connectivity index (χ4n) is 6.25. The molecule has 4 aromatic rings. The van der Waals surface area contributed by atoms with E-state index in [-0.39, 0.29) is 42.6 Å². The second kappa shape index (κ2) is 15.5. The third-order valence-electron chi connectivity index (χ3n) is 8.92. The number of carbonyl (C=O) groups excluding carboxylic acids is 2. The van der Waals surface area contributed by atoms with Gasteiger partial charge in [0.2, 0.25) is 0 Å². The van der Waals surface area contributed by atoms with E-state index in [1.165, 1.54) is 0 Å². The van der Waals surface area contributed by atoms with Gasteiger partial charge >= 0.3 is 0 Å². The number of nitrogens with zero attached hydrogens (tertiary/aromatic N) is 5. The summed E-state index contributed by atoms with van der Waals surface area (Å²) < 4.78 is 13.4. The summed E-state index contributed by atoms with van der Waals surface area (Å²) in [5.74, 6) is 1.39. The van der Waals surface area contributed by atoms with Crippen LogP contribution < -0.4 is 15.0 Å². The number of likely N-dealkylation sites (tertiary alicyclic amines) is 1. The second-order valence-corrected chi connectivity index (χ2v) is 13.3. The summed E-state index contributed by atoms with van der Waals surface area (Å²) in [6.45, 7) is 7.79. The van der Waals surface area contributed by atoms with Gasteiger partial charge in [-0.2, -0.15) is 0 Å². The van der Waals surface area contributed by atoms with Crippen LogP contribution in [0.4, 0.5) is 0 Å². The molecule has 12 heteroatoms. The highest BCUT2D eigenvalue weighted by Gasteiger charge is 2.26. The average Bonchev–Trinajstić information content (AvgIpc) is 3.09. The lowest BCUT2D eigenvalue weighted by Gasteiger charge is -2.34. The Balaban J connectivity index is 1.25. The fourth-order valence-corrected chi connectivity index (χ4v) is 6.37. The van der Waals surface area contributed by atoms with E-state index in [1.54, 1.807) is 58.0 Å². The maximum absolute atomic E-state index is 14.3. The number of ether oxygens (including phenoxy) is 2. The smallest absolute Gasteiger partial charge is 0.266 e. The van der Waals surface area contributed by atoms with Gasteiger partial charge in [-0.1, -0.05) is 23.7 Å². The van der Waals surface area contributed by atoms with Crippen LogP contribution in [0, 0.1) is 0 Å². The number of hydrogen-bond acceptors (Lipinski definition) is 9. The van der Waals surface area contributed by atoms with Gasteiger partial charge in [0, 0.05) is 49.9 Å². The van der Waals surface area contributed by atoms with Crippen LogP contribution in [0.2, 0.25) is 5.02 Å². The molecule has 49 heavy (non-hydrogen) atoms. The molecule has 258 valence electrons. The van der Waals surface area contributed by atoms with E-state index in [9.17, 15) is 19.5 Å². The summed E-state index contributed by atoms with van der Waals surface area (Å²) in [6, 6.07) is 19.4. The first-order chi connectivity index (χ1) is 23.6. The monoisotopic (exact) mass is 687 g/mol. The van der Waals surface area contributed by atoms with Crippen LogP contribution >= 0.6 is 11.6 Å². The molecule has 2 aliphatic rings. The maximum Gasteiger partial charge on any atom is 0.266 e. The molecule has 1 N–H and O–H groups in total. The van der Waals surface area contributed by atoms with Crippen LogP contribution in [-0.4, -0.2) is 106 Å². The number of benzene rings is 3. The molecule has 2 saturated heterocycles.